The fraction of sp³-hybridized carbons (Fsp3) is 0. The number of fused-ring (bicyclic) bond motifs is 8. The van der Waals surface area contributed by atoms with Crippen LogP contribution in [0.1, 0.15) is 22.3 Å². The fourth-order valence-electron chi connectivity index (χ4n) is 8.94. The van der Waals surface area contributed by atoms with Crippen molar-refractivity contribution in [1.29, 1.82) is 21.0 Å². The van der Waals surface area contributed by atoms with Crippen LogP contribution >= 0.6 is 0 Å². The zero-order valence-electron chi connectivity index (χ0n) is 31.6. The van der Waals surface area contributed by atoms with Gasteiger partial charge in [-0.3, -0.25) is 9.97 Å². The smallest absolute Gasteiger partial charge is 0.0991 e. The summed E-state index contributed by atoms with van der Waals surface area (Å²) < 4.78 is 4.39. The van der Waals surface area contributed by atoms with Crippen LogP contribution in [0.3, 0.4) is 0 Å². The monoisotopic (exact) mass is 762 g/mol. The molecule has 7 aromatic carbocycles. The second-order valence-electron chi connectivity index (χ2n) is 14.7. The number of pyridine rings is 2. The van der Waals surface area contributed by atoms with Crippen LogP contribution < -0.4 is 0 Å². The molecule has 0 atom stereocenters. The SMILES string of the molecule is N#Cc1ccc2c(c1)c1cc(C#N)ccc1n2-c1ccc2c(-c3ccccn3)c3cc(-n4c5ccc(C#N)cc5c5cc(C#N)ccc54)ccc3c(-c3ccccn3)c2c1. The van der Waals surface area contributed by atoms with E-state index in [1.165, 1.54) is 0 Å². The highest BCUT2D eigenvalue weighted by Crippen LogP contribution is 2.45. The lowest BCUT2D eigenvalue weighted by Gasteiger charge is -2.19. The first-order valence-electron chi connectivity index (χ1n) is 19.2. The Kier molecular flexibility index (Phi) is 7.56. The minimum Gasteiger partial charge on any atom is -0.309 e. The Labute approximate surface area is 342 Å². The van der Waals surface area contributed by atoms with Gasteiger partial charge in [0.05, 0.1) is 80.0 Å². The molecule has 0 saturated heterocycles. The molecule has 0 saturated carbocycles. The maximum atomic E-state index is 9.82. The van der Waals surface area contributed by atoms with Gasteiger partial charge in [-0.15, -0.1) is 0 Å². The molecule has 8 heteroatoms. The minimum absolute atomic E-state index is 0.547. The molecule has 0 amide bonds. The first-order chi connectivity index (χ1) is 29.6. The molecule has 0 aliphatic carbocycles. The fourth-order valence-corrected chi connectivity index (χ4v) is 8.94. The number of benzene rings is 7. The van der Waals surface area contributed by atoms with E-state index >= 15 is 0 Å². The largest absolute Gasteiger partial charge is 0.309 e. The predicted molar refractivity (Wildman–Crippen MR) is 235 cm³/mol. The quantitative estimate of drug-likeness (QED) is 0.164. The maximum absolute atomic E-state index is 9.82. The summed E-state index contributed by atoms with van der Waals surface area (Å²) in [6, 6.07) is 56.8. The third kappa shape index (κ3) is 5.07. The zero-order chi connectivity index (χ0) is 40.5. The van der Waals surface area contributed by atoms with Crippen molar-refractivity contribution >= 4 is 65.2 Å². The Morgan fingerprint density at radius 1 is 0.333 bits per heavy atom. The molecule has 0 unspecified atom stereocenters. The second-order valence-corrected chi connectivity index (χ2v) is 14.7. The Hall–Kier alpha value is -9.08. The molecule has 0 fully saturated rings. The van der Waals surface area contributed by atoms with Crippen molar-refractivity contribution in [2.24, 2.45) is 0 Å². The van der Waals surface area contributed by atoms with Gasteiger partial charge in [-0.1, -0.05) is 24.3 Å². The molecule has 0 bridgehead atoms. The van der Waals surface area contributed by atoms with Gasteiger partial charge in [0.25, 0.3) is 0 Å². The topological polar surface area (TPSA) is 131 Å². The van der Waals surface area contributed by atoms with Crippen LogP contribution in [0, 0.1) is 45.3 Å². The van der Waals surface area contributed by atoms with E-state index in [1.54, 1.807) is 0 Å². The van der Waals surface area contributed by atoms with Crippen molar-refractivity contribution in [2.45, 2.75) is 0 Å². The lowest BCUT2D eigenvalue weighted by molar-refractivity contribution is 1.18. The van der Waals surface area contributed by atoms with E-state index in [0.717, 1.165) is 99.0 Å². The Morgan fingerprint density at radius 3 is 0.983 bits per heavy atom. The van der Waals surface area contributed by atoms with E-state index in [2.05, 4.69) is 69.8 Å². The Morgan fingerprint density at radius 2 is 0.683 bits per heavy atom. The summed E-state index contributed by atoms with van der Waals surface area (Å²) in [5.74, 6) is 0. The molecule has 60 heavy (non-hydrogen) atoms. The van der Waals surface area contributed by atoms with Crippen molar-refractivity contribution in [2.75, 3.05) is 0 Å². The average molecular weight is 763 g/mol. The van der Waals surface area contributed by atoms with E-state index in [9.17, 15) is 21.0 Å². The molecule has 0 radical (unpaired) electrons. The van der Waals surface area contributed by atoms with Crippen molar-refractivity contribution in [3.05, 3.63) is 180 Å². The third-order valence-corrected chi connectivity index (χ3v) is 11.5. The number of nitrogens with zero attached hydrogens (tertiary/aromatic N) is 8. The molecular formula is C52H26N8. The normalized spacial score (nSPS) is 11.3. The first kappa shape index (κ1) is 34.2. The predicted octanol–water partition coefficient (Wildman–Crippen LogP) is 11.8. The highest BCUT2D eigenvalue weighted by atomic mass is 15.0. The summed E-state index contributed by atoms with van der Waals surface area (Å²) in [5.41, 5.74) is 11.2. The van der Waals surface area contributed by atoms with Crippen molar-refractivity contribution in [3.63, 3.8) is 0 Å². The van der Waals surface area contributed by atoms with Crippen molar-refractivity contribution in [3.8, 4) is 58.2 Å². The van der Waals surface area contributed by atoms with Gasteiger partial charge in [0.1, 0.15) is 0 Å². The van der Waals surface area contributed by atoms with Crippen LogP contribution in [0.4, 0.5) is 0 Å². The molecule has 0 N–H and O–H groups in total. The van der Waals surface area contributed by atoms with Gasteiger partial charge in [0, 0.05) is 56.4 Å². The van der Waals surface area contributed by atoms with Gasteiger partial charge >= 0.3 is 0 Å². The number of hydrogen-bond acceptors (Lipinski definition) is 6. The molecule has 11 aromatic rings. The molecule has 8 nitrogen and oxygen atoms in total. The van der Waals surface area contributed by atoms with Crippen LogP contribution in [0.25, 0.3) is 99.0 Å². The Balaban J connectivity index is 1.26. The van der Waals surface area contributed by atoms with E-state index in [-0.39, 0.29) is 0 Å². The molecule has 274 valence electrons. The summed E-state index contributed by atoms with van der Waals surface area (Å²) in [6.45, 7) is 0. The summed E-state index contributed by atoms with van der Waals surface area (Å²) in [5, 5.41) is 46.8. The van der Waals surface area contributed by atoms with Gasteiger partial charge in [0.15, 0.2) is 0 Å². The van der Waals surface area contributed by atoms with Gasteiger partial charge in [-0.25, -0.2) is 0 Å². The van der Waals surface area contributed by atoms with Crippen LogP contribution in [0.5, 0.6) is 0 Å². The van der Waals surface area contributed by atoms with Gasteiger partial charge < -0.3 is 9.13 Å². The zero-order valence-corrected chi connectivity index (χ0v) is 31.6. The van der Waals surface area contributed by atoms with Gasteiger partial charge in [-0.2, -0.15) is 21.0 Å². The first-order valence-corrected chi connectivity index (χ1v) is 19.2. The summed E-state index contributed by atoms with van der Waals surface area (Å²) in [6.07, 6.45) is 3.63. The van der Waals surface area contributed by atoms with Crippen LogP contribution in [-0.4, -0.2) is 19.1 Å². The summed E-state index contributed by atoms with van der Waals surface area (Å²) >= 11 is 0. The lowest BCUT2D eigenvalue weighted by atomic mass is 9.88. The Bertz CT molecular complexity index is 3420. The second kappa shape index (κ2) is 13.3. The van der Waals surface area contributed by atoms with E-state index in [4.69, 9.17) is 9.97 Å². The molecular weight excluding hydrogens is 737 g/mol. The van der Waals surface area contributed by atoms with Gasteiger partial charge in [0.2, 0.25) is 0 Å². The molecule has 4 heterocycles. The molecule has 0 aliphatic rings. The highest BCUT2D eigenvalue weighted by molar-refractivity contribution is 6.22. The summed E-state index contributed by atoms with van der Waals surface area (Å²) in [4.78, 5) is 9.85. The molecule has 4 aromatic heterocycles. The van der Waals surface area contributed by atoms with E-state index in [1.807, 2.05) is 122 Å². The molecule has 11 rings (SSSR count). The van der Waals surface area contributed by atoms with Crippen LogP contribution in [0.2, 0.25) is 0 Å². The van der Waals surface area contributed by atoms with E-state index in [0.29, 0.717) is 22.3 Å². The van der Waals surface area contributed by atoms with Crippen molar-refractivity contribution in [1.82, 2.24) is 19.1 Å². The molecule has 0 spiro atoms. The van der Waals surface area contributed by atoms with Crippen molar-refractivity contribution < 1.29 is 0 Å². The number of rotatable bonds is 4. The average Bonchev–Trinajstić information content (AvgIpc) is 3.81. The van der Waals surface area contributed by atoms with E-state index < -0.39 is 0 Å². The summed E-state index contributed by atoms with van der Waals surface area (Å²) in [7, 11) is 0. The van der Waals surface area contributed by atoms with Gasteiger partial charge in [-0.05, 0) is 143 Å². The third-order valence-electron chi connectivity index (χ3n) is 11.5. The van der Waals surface area contributed by atoms with Crippen LogP contribution in [0.15, 0.2) is 158 Å². The number of hydrogen-bond donors (Lipinski definition) is 0. The minimum atomic E-state index is 0.547. The standard InChI is InChI=1S/C52H26N8/c53-27-31-7-15-47-39(21-31)40-22-32(28-54)8-16-48(40)59(47)35-12-14-38-43(25-35)51(45-5-1-3-19-57-45)37-13-11-36(26-44(37)52(38)46-6-2-4-20-58-46)60-49-17-9-33(29-55)23-41(49)42-24-34(30-56)10-18-50(42)60/h1-26H. The van der Waals surface area contributed by atoms with Crippen LogP contribution in [-0.2, 0) is 0 Å². The lowest BCUT2D eigenvalue weighted by Crippen LogP contribution is -1.99. The highest BCUT2D eigenvalue weighted by Gasteiger charge is 2.22. The molecule has 0 aliphatic heterocycles. The number of aromatic nitrogens is 4. The number of nitriles is 4. The maximum Gasteiger partial charge on any atom is 0.0991 e.